The summed E-state index contributed by atoms with van der Waals surface area (Å²) in [7, 11) is 0. The summed E-state index contributed by atoms with van der Waals surface area (Å²) in [6.45, 7) is 1.32. The van der Waals surface area contributed by atoms with Gasteiger partial charge in [-0.05, 0) is 13.3 Å². The summed E-state index contributed by atoms with van der Waals surface area (Å²) in [5, 5.41) is 25.1. The Balaban J connectivity index is 2.34. The first-order valence-corrected chi connectivity index (χ1v) is 5.61. The van der Waals surface area contributed by atoms with Crippen LogP contribution in [0.5, 0.6) is 0 Å². The molecule has 1 rings (SSSR count). The van der Waals surface area contributed by atoms with Gasteiger partial charge < -0.3 is 26.2 Å². The van der Waals surface area contributed by atoms with Gasteiger partial charge in [-0.2, -0.15) is 0 Å². The maximum Gasteiger partial charge on any atom is 0.322 e. The van der Waals surface area contributed by atoms with E-state index >= 15 is 0 Å². The molecule has 0 bridgehead atoms. The lowest BCUT2D eigenvalue weighted by Crippen LogP contribution is -2.50. The smallest absolute Gasteiger partial charge is 0.322 e. The third-order valence-electron chi connectivity index (χ3n) is 2.59. The van der Waals surface area contributed by atoms with Crippen LogP contribution in [0.15, 0.2) is 0 Å². The fraction of sp³-hybridized carbons (Fsp3) is 0.700. The first kappa shape index (κ1) is 14.4. The number of nitrogens with one attached hydrogen (secondary N) is 3. The zero-order valence-corrected chi connectivity index (χ0v) is 9.97. The van der Waals surface area contributed by atoms with Crippen molar-refractivity contribution in [3.05, 3.63) is 0 Å². The number of carbonyl (C=O) groups excluding carboxylic acids is 2. The van der Waals surface area contributed by atoms with E-state index in [-0.39, 0.29) is 5.91 Å². The molecule has 8 heteroatoms. The lowest BCUT2D eigenvalue weighted by atomic mass is 10.2. The Morgan fingerprint density at radius 2 is 2.11 bits per heavy atom. The van der Waals surface area contributed by atoms with Gasteiger partial charge in [-0.1, -0.05) is 0 Å². The Labute approximate surface area is 104 Å². The highest BCUT2D eigenvalue weighted by atomic mass is 16.4. The van der Waals surface area contributed by atoms with E-state index in [1.54, 1.807) is 0 Å². The van der Waals surface area contributed by atoms with Crippen LogP contribution in [0, 0.1) is 0 Å². The van der Waals surface area contributed by atoms with Crippen molar-refractivity contribution in [1.29, 1.82) is 0 Å². The number of aliphatic hydroxyl groups excluding tert-OH is 1. The fourth-order valence-electron chi connectivity index (χ4n) is 1.61. The van der Waals surface area contributed by atoms with Crippen LogP contribution in [0.25, 0.3) is 0 Å². The monoisotopic (exact) mass is 259 g/mol. The Bertz CT molecular complexity index is 346. The molecule has 1 heterocycles. The highest BCUT2D eigenvalue weighted by molar-refractivity contribution is 5.90. The molecular weight excluding hydrogens is 242 g/mol. The second kappa shape index (κ2) is 6.31. The minimum atomic E-state index is -1.15. The Hall–Kier alpha value is -1.67. The first-order valence-electron chi connectivity index (χ1n) is 5.61. The molecule has 5 N–H and O–H groups in total. The molecule has 1 saturated heterocycles. The minimum Gasteiger partial charge on any atom is -0.480 e. The van der Waals surface area contributed by atoms with Crippen molar-refractivity contribution in [2.24, 2.45) is 0 Å². The Kier molecular flexibility index (Phi) is 5.05. The van der Waals surface area contributed by atoms with Gasteiger partial charge in [0.2, 0.25) is 11.8 Å². The molecule has 0 radical (unpaired) electrons. The lowest BCUT2D eigenvalue weighted by Gasteiger charge is -2.16. The zero-order valence-electron chi connectivity index (χ0n) is 9.97. The number of carboxylic acids is 1. The third-order valence-corrected chi connectivity index (χ3v) is 2.59. The molecule has 0 aromatic carbocycles. The van der Waals surface area contributed by atoms with Gasteiger partial charge in [0.15, 0.2) is 0 Å². The zero-order chi connectivity index (χ0) is 13.7. The summed E-state index contributed by atoms with van der Waals surface area (Å²) in [5.41, 5.74) is 0. The predicted molar refractivity (Wildman–Crippen MR) is 60.7 cm³/mol. The summed E-state index contributed by atoms with van der Waals surface area (Å²) in [6.07, 6.45) is -0.258. The third kappa shape index (κ3) is 4.30. The van der Waals surface area contributed by atoms with Gasteiger partial charge in [0.05, 0.1) is 12.1 Å². The van der Waals surface area contributed by atoms with Gasteiger partial charge >= 0.3 is 5.97 Å². The number of carbonyl (C=O) groups is 3. The van der Waals surface area contributed by atoms with Crippen molar-refractivity contribution in [2.75, 3.05) is 13.1 Å². The molecule has 1 aliphatic heterocycles. The van der Waals surface area contributed by atoms with Crippen LogP contribution >= 0.6 is 0 Å². The van der Waals surface area contributed by atoms with E-state index in [0.717, 1.165) is 0 Å². The van der Waals surface area contributed by atoms with Crippen LogP contribution < -0.4 is 16.0 Å². The number of amides is 2. The van der Waals surface area contributed by atoms with Gasteiger partial charge in [0.25, 0.3) is 0 Å². The summed E-state index contributed by atoms with van der Waals surface area (Å²) in [6, 6.07) is -1.34. The van der Waals surface area contributed by atoms with E-state index in [2.05, 4.69) is 16.0 Å². The van der Waals surface area contributed by atoms with Gasteiger partial charge in [-0.25, -0.2) is 0 Å². The summed E-state index contributed by atoms with van der Waals surface area (Å²) >= 11 is 0. The highest BCUT2D eigenvalue weighted by Gasteiger charge is 2.29. The van der Waals surface area contributed by atoms with Crippen LogP contribution in [0.1, 0.15) is 13.3 Å². The molecular formula is C10H17N3O5. The van der Waals surface area contributed by atoms with Crippen molar-refractivity contribution < 1.29 is 24.6 Å². The molecule has 1 aliphatic rings. The highest BCUT2D eigenvalue weighted by Crippen LogP contribution is 2.06. The molecule has 0 saturated carbocycles. The van der Waals surface area contributed by atoms with Crippen LogP contribution in [0.3, 0.4) is 0 Å². The number of hydrogen-bond donors (Lipinski definition) is 5. The Morgan fingerprint density at radius 3 is 2.61 bits per heavy atom. The topological polar surface area (TPSA) is 128 Å². The lowest BCUT2D eigenvalue weighted by molar-refractivity contribution is -0.138. The number of aliphatic carboxylic acids is 1. The average Bonchev–Trinajstić information content (AvgIpc) is 2.72. The largest absolute Gasteiger partial charge is 0.480 e. The maximum absolute atomic E-state index is 11.7. The molecule has 2 amide bonds. The second-order valence-corrected chi connectivity index (χ2v) is 4.19. The van der Waals surface area contributed by atoms with E-state index in [4.69, 9.17) is 5.11 Å². The van der Waals surface area contributed by atoms with Gasteiger partial charge in [-0.15, -0.1) is 0 Å². The summed E-state index contributed by atoms with van der Waals surface area (Å²) < 4.78 is 0. The number of aliphatic hydroxyl groups is 1. The van der Waals surface area contributed by atoms with Crippen molar-refractivity contribution in [3.63, 3.8) is 0 Å². The molecule has 0 spiro atoms. The van der Waals surface area contributed by atoms with E-state index in [1.165, 1.54) is 6.92 Å². The molecule has 1 fully saturated rings. The summed E-state index contributed by atoms with van der Waals surface area (Å²) in [4.78, 5) is 33.3. The normalized spacial score (nSPS) is 24.3. The molecule has 0 aliphatic carbocycles. The first-order chi connectivity index (χ1) is 8.40. The maximum atomic E-state index is 11.7. The van der Waals surface area contributed by atoms with Gasteiger partial charge in [0.1, 0.15) is 12.6 Å². The van der Waals surface area contributed by atoms with Crippen LogP contribution in [-0.4, -0.2) is 59.3 Å². The molecule has 0 aromatic heterocycles. The average molecular weight is 259 g/mol. The van der Waals surface area contributed by atoms with E-state index in [0.29, 0.717) is 13.0 Å². The minimum absolute atomic E-state index is 0.301. The number of hydrogen-bond acceptors (Lipinski definition) is 5. The van der Waals surface area contributed by atoms with E-state index in [1.807, 2.05) is 0 Å². The SMILES string of the molecule is C[C@H](NC(=O)[C@@H]1C[C@@H](O)CN1)C(=O)NCC(=O)O. The molecule has 8 nitrogen and oxygen atoms in total. The number of carboxylic acid groups (broad SMARTS) is 1. The van der Waals surface area contributed by atoms with Crippen LogP contribution in [0.4, 0.5) is 0 Å². The predicted octanol–water partition coefficient (Wildman–Crippen LogP) is -2.59. The number of β-amino-alcohol motifs (C(OH)–C–C–N with tert-alkyl or cyclic N) is 1. The molecule has 18 heavy (non-hydrogen) atoms. The standard InChI is InChI=1S/C10H17N3O5/c1-5(9(17)12-4-8(15)16)13-10(18)7-2-6(14)3-11-7/h5-7,11,14H,2-4H2,1H3,(H,12,17)(H,13,18)(H,15,16)/t5-,6+,7-/m0/s1. The van der Waals surface area contributed by atoms with Gasteiger partial charge in [-0.3, -0.25) is 14.4 Å². The molecule has 3 atom stereocenters. The van der Waals surface area contributed by atoms with Crippen molar-refractivity contribution >= 4 is 17.8 Å². The second-order valence-electron chi connectivity index (χ2n) is 4.19. The van der Waals surface area contributed by atoms with Gasteiger partial charge in [0, 0.05) is 6.54 Å². The van der Waals surface area contributed by atoms with Crippen LogP contribution in [0.2, 0.25) is 0 Å². The van der Waals surface area contributed by atoms with Crippen molar-refractivity contribution in [3.8, 4) is 0 Å². The molecule has 0 unspecified atom stereocenters. The van der Waals surface area contributed by atoms with E-state index in [9.17, 15) is 19.5 Å². The van der Waals surface area contributed by atoms with Crippen molar-refractivity contribution in [2.45, 2.75) is 31.5 Å². The quantitative estimate of drug-likeness (QED) is 0.369. The van der Waals surface area contributed by atoms with Crippen molar-refractivity contribution in [1.82, 2.24) is 16.0 Å². The van der Waals surface area contributed by atoms with E-state index < -0.39 is 36.6 Å². The summed E-state index contributed by atoms with van der Waals surface area (Å²) in [5.74, 6) is -2.10. The molecule has 0 aromatic rings. The van der Waals surface area contributed by atoms with Crippen LogP contribution in [-0.2, 0) is 14.4 Å². The fourth-order valence-corrected chi connectivity index (χ4v) is 1.61. The Morgan fingerprint density at radius 1 is 1.44 bits per heavy atom. The molecule has 102 valence electrons. The number of rotatable bonds is 5.